The monoisotopic (exact) mass is 144 g/mol. The second-order valence-corrected chi connectivity index (χ2v) is 2.26. The number of nitrogens with zero attached hydrogens (tertiary/aromatic N) is 1. The molecule has 0 aromatic rings. The topological polar surface area (TPSA) is 90.4 Å². The fourth-order valence-corrected chi connectivity index (χ4v) is 0.669. The Hall–Kier alpha value is -0.770. The maximum Gasteiger partial charge on any atom is 0.187 e. The maximum absolute atomic E-state index is 5.51. The summed E-state index contributed by atoms with van der Waals surface area (Å²) in [6.07, 6.45) is 2.82. The average molecular weight is 144 g/mol. The van der Waals surface area contributed by atoms with Crippen LogP contribution >= 0.6 is 0 Å². The van der Waals surface area contributed by atoms with Gasteiger partial charge in [0.25, 0.3) is 0 Å². The molecule has 1 unspecified atom stereocenters. The first-order chi connectivity index (χ1) is 4.66. The Morgan fingerprint density at radius 3 is 2.50 bits per heavy atom. The zero-order chi connectivity index (χ0) is 7.98. The number of nitrogens with two attached hydrogens (primary N) is 3. The van der Waals surface area contributed by atoms with Crippen molar-refractivity contribution in [1.29, 1.82) is 0 Å². The summed E-state index contributed by atoms with van der Waals surface area (Å²) in [7, 11) is 0. The molecule has 0 aromatic carbocycles. The molecule has 4 heteroatoms. The summed E-state index contributed by atoms with van der Waals surface area (Å²) in [4.78, 5) is 3.76. The fourth-order valence-electron chi connectivity index (χ4n) is 0.669. The fraction of sp³-hybridized carbons (Fsp3) is 0.833. The lowest BCUT2D eigenvalue weighted by atomic mass is 10.2. The van der Waals surface area contributed by atoms with E-state index in [1.54, 1.807) is 0 Å². The first-order valence-corrected chi connectivity index (χ1v) is 3.51. The summed E-state index contributed by atoms with van der Waals surface area (Å²) >= 11 is 0. The Bertz CT molecular complexity index is 106. The molecule has 0 saturated carbocycles. The van der Waals surface area contributed by atoms with Crippen LogP contribution < -0.4 is 17.2 Å². The molecule has 0 aromatic heterocycles. The van der Waals surface area contributed by atoms with Crippen LogP contribution in [0, 0.1) is 0 Å². The van der Waals surface area contributed by atoms with Crippen molar-refractivity contribution in [3.8, 4) is 0 Å². The quantitative estimate of drug-likeness (QED) is 0.375. The maximum atomic E-state index is 5.51. The summed E-state index contributed by atoms with van der Waals surface area (Å²) in [5, 5.41) is 0. The Morgan fingerprint density at radius 1 is 1.50 bits per heavy atom. The van der Waals surface area contributed by atoms with Gasteiger partial charge < -0.3 is 17.2 Å². The van der Waals surface area contributed by atoms with E-state index in [1.165, 1.54) is 0 Å². The van der Waals surface area contributed by atoms with Crippen LogP contribution in [0.15, 0.2) is 4.99 Å². The van der Waals surface area contributed by atoms with E-state index in [9.17, 15) is 0 Å². The minimum Gasteiger partial charge on any atom is -0.370 e. The largest absolute Gasteiger partial charge is 0.370 e. The van der Waals surface area contributed by atoms with Gasteiger partial charge in [0.1, 0.15) is 6.17 Å². The standard InChI is InChI=1S/C6H16N4/c1-2-3-4-5(7)10-6(8)9/h5H,2-4,7H2,1H3,(H4,8,9,10). The number of aliphatic imine (C=N–C) groups is 1. The molecule has 1 atom stereocenters. The van der Waals surface area contributed by atoms with E-state index in [0.29, 0.717) is 0 Å². The molecule has 10 heavy (non-hydrogen) atoms. The van der Waals surface area contributed by atoms with E-state index in [0.717, 1.165) is 19.3 Å². The summed E-state index contributed by atoms with van der Waals surface area (Å²) in [5.41, 5.74) is 15.7. The van der Waals surface area contributed by atoms with Crippen LogP contribution in [0.3, 0.4) is 0 Å². The molecular weight excluding hydrogens is 128 g/mol. The number of unbranched alkanes of at least 4 members (excludes halogenated alkanes) is 1. The van der Waals surface area contributed by atoms with E-state index in [1.807, 2.05) is 0 Å². The van der Waals surface area contributed by atoms with Gasteiger partial charge in [0.15, 0.2) is 5.96 Å². The van der Waals surface area contributed by atoms with Gasteiger partial charge >= 0.3 is 0 Å². The normalized spacial score (nSPS) is 12.6. The minimum absolute atomic E-state index is 0.0728. The Balaban J connectivity index is 3.43. The number of hydrogen-bond donors (Lipinski definition) is 3. The molecule has 0 saturated heterocycles. The van der Waals surface area contributed by atoms with Crippen LogP contribution in [0.5, 0.6) is 0 Å². The van der Waals surface area contributed by atoms with Crippen molar-refractivity contribution in [3.63, 3.8) is 0 Å². The van der Waals surface area contributed by atoms with Crippen molar-refractivity contribution < 1.29 is 0 Å². The first-order valence-electron chi connectivity index (χ1n) is 3.51. The summed E-state index contributed by atoms with van der Waals surface area (Å²) in [6.45, 7) is 2.10. The van der Waals surface area contributed by atoms with Gasteiger partial charge in [-0.1, -0.05) is 19.8 Å². The van der Waals surface area contributed by atoms with E-state index < -0.39 is 0 Å². The van der Waals surface area contributed by atoms with Gasteiger partial charge in [0.05, 0.1) is 0 Å². The number of hydrogen-bond acceptors (Lipinski definition) is 2. The number of rotatable bonds is 4. The number of guanidine groups is 1. The summed E-state index contributed by atoms with van der Waals surface area (Å²) in [6, 6.07) is 0. The molecule has 0 aliphatic carbocycles. The molecule has 0 aliphatic heterocycles. The molecule has 0 fully saturated rings. The van der Waals surface area contributed by atoms with Gasteiger partial charge in [-0.05, 0) is 6.42 Å². The molecule has 6 N–H and O–H groups in total. The van der Waals surface area contributed by atoms with E-state index in [-0.39, 0.29) is 12.1 Å². The van der Waals surface area contributed by atoms with Crippen LogP contribution in [-0.4, -0.2) is 12.1 Å². The predicted octanol–water partition coefficient (Wildman–Crippen LogP) is -0.265. The van der Waals surface area contributed by atoms with Crippen LogP contribution in [0.1, 0.15) is 26.2 Å². The lowest BCUT2D eigenvalue weighted by molar-refractivity contribution is 0.596. The molecular formula is C6H16N4. The Kier molecular flexibility index (Phi) is 4.66. The molecule has 0 spiro atoms. The highest BCUT2D eigenvalue weighted by atomic mass is 15.1. The third kappa shape index (κ3) is 5.37. The summed E-state index contributed by atoms with van der Waals surface area (Å²) in [5.74, 6) is 0.0728. The molecule has 0 radical (unpaired) electrons. The van der Waals surface area contributed by atoms with Crippen molar-refractivity contribution in [1.82, 2.24) is 0 Å². The SMILES string of the molecule is CCCCC(N)N=C(N)N. The molecule has 60 valence electrons. The Morgan fingerprint density at radius 2 is 2.10 bits per heavy atom. The van der Waals surface area contributed by atoms with Gasteiger partial charge in [-0.15, -0.1) is 0 Å². The van der Waals surface area contributed by atoms with Gasteiger partial charge in [0.2, 0.25) is 0 Å². The lowest BCUT2D eigenvalue weighted by Gasteiger charge is -2.04. The van der Waals surface area contributed by atoms with E-state index in [4.69, 9.17) is 17.2 Å². The van der Waals surface area contributed by atoms with Gasteiger partial charge in [0, 0.05) is 0 Å². The molecule has 0 bridgehead atoms. The van der Waals surface area contributed by atoms with Gasteiger partial charge in [-0.25, -0.2) is 4.99 Å². The third-order valence-corrected chi connectivity index (χ3v) is 1.17. The zero-order valence-corrected chi connectivity index (χ0v) is 6.38. The van der Waals surface area contributed by atoms with Gasteiger partial charge in [-0.3, -0.25) is 0 Å². The smallest absolute Gasteiger partial charge is 0.187 e. The zero-order valence-electron chi connectivity index (χ0n) is 6.38. The summed E-state index contributed by atoms with van der Waals surface area (Å²) < 4.78 is 0. The molecule has 4 nitrogen and oxygen atoms in total. The van der Waals surface area contributed by atoms with Crippen molar-refractivity contribution in [2.45, 2.75) is 32.4 Å². The second kappa shape index (κ2) is 5.05. The highest BCUT2D eigenvalue weighted by molar-refractivity contribution is 5.75. The van der Waals surface area contributed by atoms with Crippen LogP contribution in [0.25, 0.3) is 0 Å². The van der Waals surface area contributed by atoms with Crippen molar-refractivity contribution in [3.05, 3.63) is 0 Å². The molecule has 0 rings (SSSR count). The van der Waals surface area contributed by atoms with Crippen molar-refractivity contribution in [2.24, 2.45) is 22.2 Å². The van der Waals surface area contributed by atoms with Crippen molar-refractivity contribution in [2.75, 3.05) is 0 Å². The predicted molar refractivity (Wildman–Crippen MR) is 43.3 cm³/mol. The highest BCUT2D eigenvalue weighted by Gasteiger charge is 1.96. The lowest BCUT2D eigenvalue weighted by Crippen LogP contribution is -2.28. The minimum atomic E-state index is -0.218. The second-order valence-electron chi connectivity index (χ2n) is 2.26. The third-order valence-electron chi connectivity index (χ3n) is 1.17. The van der Waals surface area contributed by atoms with E-state index >= 15 is 0 Å². The van der Waals surface area contributed by atoms with Crippen LogP contribution in [-0.2, 0) is 0 Å². The van der Waals surface area contributed by atoms with Crippen LogP contribution in [0.4, 0.5) is 0 Å². The first kappa shape index (κ1) is 9.23. The molecule has 0 aliphatic rings. The Labute approximate surface area is 61.5 Å². The molecule has 0 heterocycles. The molecule has 0 amide bonds. The average Bonchev–Trinajstić information content (AvgIpc) is 1.82. The highest BCUT2D eigenvalue weighted by Crippen LogP contribution is 1.97. The van der Waals surface area contributed by atoms with Gasteiger partial charge in [-0.2, -0.15) is 0 Å². The van der Waals surface area contributed by atoms with E-state index in [2.05, 4.69) is 11.9 Å². The van der Waals surface area contributed by atoms with Crippen molar-refractivity contribution >= 4 is 5.96 Å². The van der Waals surface area contributed by atoms with Crippen LogP contribution in [0.2, 0.25) is 0 Å².